The van der Waals surface area contributed by atoms with E-state index in [1.807, 2.05) is 24.3 Å². The second kappa shape index (κ2) is 5.96. The fourth-order valence-electron chi connectivity index (χ4n) is 1.37. The summed E-state index contributed by atoms with van der Waals surface area (Å²) in [6, 6.07) is 10.2. The molecule has 0 aliphatic heterocycles. The molecule has 0 aliphatic rings. The summed E-state index contributed by atoms with van der Waals surface area (Å²) >= 11 is 4.75. The molecule has 2 aromatic rings. The zero-order valence-corrected chi connectivity index (χ0v) is 12.0. The normalized spacial score (nSPS) is 11.6. The van der Waals surface area contributed by atoms with Gasteiger partial charge in [0.05, 0.1) is 10.6 Å². The summed E-state index contributed by atoms with van der Waals surface area (Å²) in [6.45, 7) is 0. The standard InChI is InChI=1S/C13H9BrF3NS/c14-11-4-1-9(2-5-11)8-19-12-6-3-10(7-18-12)13(15,16)17/h1-7H,8H2. The molecule has 1 heterocycles. The van der Waals surface area contributed by atoms with Gasteiger partial charge in [-0.15, -0.1) is 11.8 Å². The number of nitrogens with zero attached hydrogens (tertiary/aromatic N) is 1. The first-order valence-electron chi connectivity index (χ1n) is 5.35. The number of thioether (sulfide) groups is 1. The van der Waals surface area contributed by atoms with Crippen molar-refractivity contribution in [3.8, 4) is 0 Å². The molecule has 0 saturated heterocycles. The van der Waals surface area contributed by atoms with Crippen molar-refractivity contribution in [2.45, 2.75) is 17.0 Å². The van der Waals surface area contributed by atoms with Crippen LogP contribution < -0.4 is 0 Å². The molecule has 100 valence electrons. The number of pyridine rings is 1. The Bertz CT molecular complexity index is 537. The summed E-state index contributed by atoms with van der Waals surface area (Å²) in [5.74, 6) is 0.672. The van der Waals surface area contributed by atoms with Crippen LogP contribution in [0.5, 0.6) is 0 Å². The van der Waals surface area contributed by atoms with Gasteiger partial charge in [0.25, 0.3) is 0 Å². The first-order valence-corrected chi connectivity index (χ1v) is 7.13. The van der Waals surface area contributed by atoms with E-state index >= 15 is 0 Å². The quantitative estimate of drug-likeness (QED) is 0.711. The molecule has 2 rings (SSSR count). The Morgan fingerprint density at radius 1 is 1.05 bits per heavy atom. The molecule has 0 bridgehead atoms. The van der Waals surface area contributed by atoms with Crippen molar-refractivity contribution in [3.05, 3.63) is 58.2 Å². The van der Waals surface area contributed by atoms with E-state index in [1.54, 1.807) is 0 Å². The number of halogens is 4. The molecule has 0 unspecified atom stereocenters. The Morgan fingerprint density at radius 3 is 2.26 bits per heavy atom. The highest BCUT2D eigenvalue weighted by atomic mass is 79.9. The Hall–Kier alpha value is -1.01. The molecule has 0 atom stereocenters. The fraction of sp³-hybridized carbons (Fsp3) is 0.154. The number of alkyl halides is 3. The number of benzene rings is 1. The van der Waals surface area contributed by atoms with E-state index in [-0.39, 0.29) is 0 Å². The number of aromatic nitrogens is 1. The third kappa shape index (κ3) is 4.24. The lowest BCUT2D eigenvalue weighted by Gasteiger charge is -2.06. The minimum Gasteiger partial charge on any atom is -0.249 e. The molecule has 0 radical (unpaired) electrons. The van der Waals surface area contributed by atoms with Crippen molar-refractivity contribution in [1.29, 1.82) is 0 Å². The minimum absolute atomic E-state index is 0.580. The smallest absolute Gasteiger partial charge is 0.249 e. The van der Waals surface area contributed by atoms with E-state index in [0.29, 0.717) is 10.8 Å². The lowest BCUT2D eigenvalue weighted by Crippen LogP contribution is -2.05. The van der Waals surface area contributed by atoms with Crippen LogP contribution in [0, 0.1) is 0 Å². The fourth-order valence-corrected chi connectivity index (χ4v) is 2.43. The molecule has 0 spiro atoms. The maximum atomic E-state index is 12.4. The van der Waals surface area contributed by atoms with Gasteiger partial charge in [0.2, 0.25) is 0 Å². The van der Waals surface area contributed by atoms with Crippen LogP contribution in [0.25, 0.3) is 0 Å². The average Bonchev–Trinajstić information content (AvgIpc) is 2.37. The second-order valence-electron chi connectivity index (χ2n) is 3.80. The Kier molecular flexibility index (Phi) is 4.52. The van der Waals surface area contributed by atoms with E-state index in [4.69, 9.17) is 0 Å². The predicted molar refractivity (Wildman–Crippen MR) is 72.9 cm³/mol. The highest BCUT2D eigenvalue weighted by molar-refractivity contribution is 9.10. The number of rotatable bonds is 3. The summed E-state index contributed by atoms with van der Waals surface area (Å²) in [5.41, 5.74) is 0.371. The van der Waals surface area contributed by atoms with Gasteiger partial charge in [-0.1, -0.05) is 28.1 Å². The van der Waals surface area contributed by atoms with Crippen molar-refractivity contribution >= 4 is 27.7 Å². The average molecular weight is 348 g/mol. The van der Waals surface area contributed by atoms with Crippen LogP contribution in [0.3, 0.4) is 0 Å². The van der Waals surface area contributed by atoms with E-state index in [1.165, 1.54) is 17.8 Å². The van der Waals surface area contributed by atoms with Gasteiger partial charge >= 0.3 is 6.18 Å². The lowest BCUT2D eigenvalue weighted by atomic mass is 10.2. The third-order valence-electron chi connectivity index (χ3n) is 2.36. The van der Waals surface area contributed by atoms with Crippen molar-refractivity contribution in [2.24, 2.45) is 0 Å². The van der Waals surface area contributed by atoms with E-state index in [0.717, 1.165) is 22.3 Å². The Labute approximate surface area is 121 Å². The first-order chi connectivity index (χ1) is 8.95. The molecular formula is C13H9BrF3NS. The molecule has 6 heteroatoms. The van der Waals surface area contributed by atoms with Crippen LogP contribution in [-0.2, 0) is 11.9 Å². The number of hydrogen-bond donors (Lipinski definition) is 0. The molecule has 1 aromatic carbocycles. The highest BCUT2D eigenvalue weighted by Crippen LogP contribution is 2.30. The minimum atomic E-state index is -4.33. The van der Waals surface area contributed by atoms with Gasteiger partial charge in [-0.25, -0.2) is 4.98 Å². The van der Waals surface area contributed by atoms with Gasteiger partial charge in [0.15, 0.2) is 0 Å². The summed E-state index contributed by atoms with van der Waals surface area (Å²) in [7, 11) is 0. The molecule has 0 amide bonds. The van der Waals surface area contributed by atoms with Crippen molar-refractivity contribution in [2.75, 3.05) is 0 Å². The number of hydrogen-bond acceptors (Lipinski definition) is 2. The lowest BCUT2D eigenvalue weighted by molar-refractivity contribution is -0.137. The summed E-state index contributed by atoms with van der Waals surface area (Å²) < 4.78 is 38.1. The Morgan fingerprint density at radius 2 is 1.74 bits per heavy atom. The molecule has 0 fully saturated rings. The topological polar surface area (TPSA) is 12.9 Å². The van der Waals surface area contributed by atoms with Gasteiger partial charge in [-0.3, -0.25) is 0 Å². The highest BCUT2D eigenvalue weighted by Gasteiger charge is 2.30. The van der Waals surface area contributed by atoms with Gasteiger partial charge in [0, 0.05) is 16.4 Å². The SMILES string of the molecule is FC(F)(F)c1ccc(SCc2ccc(Br)cc2)nc1. The van der Waals surface area contributed by atoms with Crippen LogP contribution in [0.1, 0.15) is 11.1 Å². The van der Waals surface area contributed by atoms with Gasteiger partial charge in [-0.2, -0.15) is 13.2 Å². The van der Waals surface area contributed by atoms with Crippen molar-refractivity contribution in [3.63, 3.8) is 0 Å². The monoisotopic (exact) mass is 347 g/mol. The van der Waals surface area contributed by atoms with Crippen molar-refractivity contribution in [1.82, 2.24) is 4.98 Å². The molecule has 1 aromatic heterocycles. The summed E-state index contributed by atoms with van der Waals surface area (Å²) in [5, 5.41) is 0.580. The maximum absolute atomic E-state index is 12.4. The van der Waals surface area contributed by atoms with Gasteiger partial charge in [-0.05, 0) is 29.8 Å². The molecule has 0 N–H and O–H groups in total. The van der Waals surface area contributed by atoms with Crippen LogP contribution in [0.15, 0.2) is 52.1 Å². The first kappa shape index (κ1) is 14.4. The molecule has 1 nitrogen and oxygen atoms in total. The molecular weight excluding hydrogens is 339 g/mol. The zero-order chi connectivity index (χ0) is 13.9. The van der Waals surface area contributed by atoms with Crippen LogP contribution in [-0.4, -0.2) is 4.98 Å². The predicted octanol–water partition coefficient (Wildman–Crippen LogP) is 5.16. The zero-order valence-electron chi connectivity index (χ0n) is 9.62. The van der Waals surface area contributed by atoms with E-state index in [2.05, 4.69) is 20.9 Å². The van der Waals surface area contributed by atoms with Crippen LogP contribution in [0.2, 0.25) is 0 Å². The molecule has 0 aliphatic carbocycles. The molecule has 19 heavy (non-hydrogen) atoms. The van der Waals surface area contributed by atoms with Gasteiger partial charge < -0.3 is 0 Å². The maximum Gasteiger partial charge on any atom is 0.417 e. The van der Waals surface area contributed by atoms with Crippen LogP contribution in [0.4, 0.5) is 13.2 Å². The Balaban J connectivity index is 1.98. The van der Waals surface area contributed by atoms with E-state index < -0.39 is 11.7 Å². The van der Waals surface area contributed by atoms with Crippen LogP contribution >= 0.6 is 27.7 Å². The van der Waals surface area contributed by atoms with Crippen molar-refractivity contribution < 1.29 is 13.2 Å². The van der Waals surface area contributed by atoms with E-state index in [9.17, 15) is 13.2 Å². The summed E-state index contributed by atoms with van der Waals surface area (Å²) in [4.78, 5) is 3.81. The second-order valence-corrected chi connectivity index (χ2v) is 5.71. The largest absolute Gasteiger partial charge is 0.417 e. The van der Waals surface area contributed by atoms with Gasteiger partial charge in [0.1, 0.15) is 0 Å². The molecule has 0 saturated carbocycles. The third-order valence-corrected chi connectivity index (χ3v) is 3.91. The summed E-state index contributed by atoms with van der Waals surface area (Å²) in [6.07, 6.45) is -3.47.